The first-order valence-corrected chi connectivity index (χ1v) is 6.89. The lowest BCUT2D eigenvalue weighted by Gasteiger charge is -2.14. The number of hydrogen-bond acceptors (Lipinski definition) is 4. The van der Waals surface area contributed by atoms with E-state index < -0.39 is 11.7 Å². The summed E-state index contributed by atoms with van der Waals surface area (Å²) in [6, 6.07) is 1.48. The van der Waals surface area contributed by atoms with Gasteiger partial charge in [0, 0.05) is 11.1 Å². The van der Waals surface area contributed by atoms with Crippen molar-refractivity contribution in [3.8, 4) is 0 Å². The van der Waals surface area contributed by atoms with Gasteiger partial charge in [-0.05, 0) is 26.0 Å². The van der Waals surface area contributed by atoms with Crippen molar-refractivity contribution in [1.29, 1.82) is 0 Å². The van der Waals surface area contributed by atoms with E-state index in [9.17, 15) is 13.2 Å². The molecule has 1 atom stereocenters. The number of halogens is 4. The van der Waals surface area contributed by atoms with Gasteiger partial charge >= 0.3 is 6.18 Å². The van der Waals surface area contributed by atoms with Gasteiger partial charge in [-0.2, -0.15) is 13.2 Å². The predicted molar refractivity (Wildman–Crippen MR) is 73.1 cm³/mol. The van der Waals surface area contributed by atoms with Crippen molar-refractivity contribution in [3.63, 3.8) is 0 Å². The van der Waals surface area contributed by atoms with Crippen molar-refractivity contribution >= 4 is 28.8 Å². The highest BCUT2D eigenvalue weighted by atomic mass is 35.5. The molecule has 2 aromatic rings. The van der Waals surface area contributed by atoms with Crippen LogP contribution in [0.2, 0.25) is 5.15 Å². The number of nitrogens with zero attached hydrogens (tertiary/aromatic N) is 2. The van der Waals surface area contributed by atoms with Crippen molar-refractivity contribution in [3.05, 3.63) is 38.9 Å². The third kappa shape index (κ3) is 3.61. The van der Waals surface area contributed by atoms with Crippen LogP contribution in [0.4, 0.5) is 19.0 Å². The molecule has 0 radical (unpaired) electrons. The smallest absolute Gasteiger partial charge is 0.361 e. The number of hydrogen-bond donors (Lipinski definition) is 1. The third-order valence-electron chi connectivity index (χ3n) is 2.50. The number of rotatable bonds is 3. The van der Waals surface area contributed by atoms with Gasteiger partial charge in [-0.15, -0.1) is 11.3 Å². The Labute approximate surface area is 122 Å². The van der Waals surface area contributed by atoms with Crippen molar-refractivity contribution in [2.75, 3.05) is 5.32 Å². The zero-order valence-corrected chi connectivity index (χ0v) is 12.2. The van der Waals surface area contributed by atoms with Gasteiger partial charge in [0.25, 0.3) is 0 Å². The second kappa shape index (κ2) is 5.57. The lowest BCUT2D eigenvalue weighted by molar-refractivity contribution is -0.137. The lowest BCUT2D eigenvalue weighted by atomic mass is 10.2. The van der Waals surface area contributed by atoms with Crippen LogP contribution >= 0.6 is 22.9 Å². The quantitative estimate of drug-likeness (QED) is 0.833. The fraction of sp³-hybridized carbons (Fsp3) is 0.333. The Morgan fingerprint density at radius 2 is 2.05 bits per heavy atom. The van der Waals surface area contributed by atoms with Gasteiger partial charge in [-0.25, -0.2) is 9.97 Å². The zero-order valence-electron chi connectivity index (χ0n) is 10.6. The van der Waals surface area contributed by atoms with Crippen LogP contribution in [-0.2, 0) is 6.18 Å². The van der Waals surface area contributed by atoms with Gasteiger partial charge in [0.15, 0.2) is 0 Å². The molecule has 0 saturated heterocycles. The number of pyridine rings is 1. The molecule has 0 saturated carbocycles. The van der Waals surface area contributed by atoms with Gasteiger partial charge in [-0.1, -0.05) is 11.6 Å². The summed E-state index contributed by atoms with van der Waals surface area (Å²) in [5.41, 5.74) is -0.831. The molecule has 3 nitrogen and oxygen atoms in total. The Bertz CT molecular complexity index is 612. The van der Waals surface area contributed by atoms with Crippen LogP contribution < -0.4 is 5.32 Å². The number of anilines is 1. The minimum atomic E-state index is -4.45. The number of thiazole rings is 1. The first-order chi connectivity index (χ1) is 9.25. The van der Waals surface area contributed by atoms with E-state index >= 15 is 0 Å². The van der Waals surface area contributed by atoms with Crippen LogP contribution in [0.3, 0.4) is 0 Å². The molecule has 0 fully saturated rings. The first-order valence-electron chi connectivity index (χ1n) is 5.69. The molecular formula is C12H11ClF3N3S. The van der Waals surface area contributed by atoms with Crippen molar-refractivity contribution < 1.29 is 13.2 Å². The third-order valence-corrected chi connectivity index (χ3v) is 3.78. The minimum Gasteiger partial charge on any atom is -0.361 e. The average Bonchev–Trinajstić information content (AvgIpc) is 2.74. The molecule has 0 aliphatic rings. The first kappa shape index (κ1) is 15.1. The van der Waals surface area contributed by atoms with E-state index in [0.29, 0.717) is 0 Å². The van der Waals surface area contributed by atoms with Crippen LogP contribution in [-0.4, -0.2) is 9.97 Å². The Hall–Kier alpha value is -1.34. The molecule has 20 heavy (non-hydrogen) atoms. The van der Waals surface area contributed by atoms with E-state index in [4.69, 9.17) is 11.6 Å². The molecular weight excluding hydrogens is 311 g/mol. The van der Waals surface area contributed by atoms with E-state index in [1.54, 1.807) is 13.1 Å². The monoisotopic (exact) mass is 321 g/mol. The molecule has 0 bridgehead atoms. The molecule has 108 valence electrons. The maximum Gasteiger partial charge on any atom is 0.416 e. The Morgan fingerprint density at radius 3 is 2.60 bits per heavy atom. The van der Waals surface area contributed by atoms with Gasteiger partial charge in [0.05, 0.1) is 11.6 Å². The molecule has 8 heteroatoms. The SMILES string of the molecule is Cc1cnc(C(C)Nc2cc(C(F)(F)F)cc(Cl)n2)s1. The molecule has 0 aliphatic carbocycles. The lowest BCUT2D eigenvalue weighted by Crippen LogP contribution is -2.11. The topological polar surface area (TPSA) is 37.8 Å². The normalized spacial score (nSPS) is 13.3. The van der Waals surface area contributed by atoms with Gasteiger partial charge < -0.3 is 5.32 Å². The van der Waals surface area contributed by atoms with Crippen LogP contribution in [0.1, 0.15) is 28.4 Å². The molecule has 2 heterocycles. The zero-order chi connectivity index (χ0) is 14.9. The summed E-state index contributed by atoms with van der Waals surface area (Å²) in [4.78, 5) is 9.06. The fourth-order valence-corrected chi connectivity index (χ4v) is 2.58. The van der Waals surface area contributed by atoms with Gasteiger partial charge in [0.1, 0.15) is 16.0 Å². The Kier molecular flexibility index (Phi) is 4.19. The van der Waals surface area contributed by atoms with Crippen LogP contribution in [0, 0.1) is 6.92 Å². The molecule has 0 amide bonds. The van der Waals surface area contributed by atoms with E-state index in [0.717, 1.165) is 22.0 Å². The van der Waals surface area contributed by atoms with Crippen LogP contribution in [0.15, 0.2) is 18.3 Å². The summed E-state index contributed by atoms with van der Waals surface area (Å²) in [5, 5.41) is 3.45. The molecule has 1 N–H and O–H groups in total. The number of alkyl halides is 3. The highest BCUT2D eigenvalue weighted by molar-refractivity contribution is 7.11. The van der Waals surface area contributed by atoms with Crippen LogP contribution in [0.25, 0.3) is 0 Å². The summed E-state index contributed by atoms with van der Waals surface area (Å²) in [5.74, 6) is 0.0742. The summed E-state index contributed by atoms with van der Waals surface area (Å²) in [7, 11) is 0. The molecule has 0 aliphatic heterocycles. The van der Waals surface area contributed by atoms with E-state index in [2.05, 4.69) is 15.3 Å². The van der Waals surface area contributed by atoms with E-state index in [1.165, 1.54) is 11.3 Å². The maximum atomic E-state index is 12.7. The molecule has 0 aromatic carbocycles. The number of aromatic nitrogens is 2. The number of nitrogens with one attached hydrogen (secondary N) is 1. The number of aryl methyl sites for hydroxylation is 1. The Morgan fingerprint density at radius 1 is 1.35 bits per heavy atom. The standard InChI is InChI=1S/C12H11ClF3N3S/c1-6-5-17-11(20-6)7(2)18-10-4-8(12(14,15)16)3-9(13)19-10/h3-5,7H,1-2H3,(H,18,19). The molecule has 2 aromatic heterocycles. The molecule has 1 unspecified atom stereocenters. The second-order valence-corrected chi connectivity index (χ2v) is 5.89. The largest absolute Gasteiger partial charge is 0.416 e. The van der Waals surface area contributed by atoms with Gasteiger partial charge in [0.2, 0.25) is 0 Å². The average molecular weight is 322 g/mol. The summed E-state index contributed by atoms with van der Waals surface area (Å²) in [6.45, 7) is 3.71. The fourth-order valence-electron chi connectivity index (χ4n) is 1.59. The minimum absolute atomic E-state index is 0.0742. The van der Waals surface area contributed by atoms with Gasteiger partial charge in [-0.3, -0.25) is 0 Å². The molecule has 0 spiro atoms. The van der Waals surface area contributed by atoms with Crippen molar-refractivity contribution in [2.45, 2.75) is 26.1 Å². The maximum absolute atomic E-state index is 12.7. The Balaban J connectivity index is 2.23. The highest BCUT2D eigenvalue weighted by Gasteiger charge is 2.31. The summed E-state index contributed by atoms with van der Waals surface area (Å²) >= 11 is 7.10. The van der Waals surface area contributed by atoms with Crippen molar-refractivity contribution in [2.24, 2.45) is 0 Å². The molecule has 2 rings (SSSR count). The van der Waals surface area contributed by atoms with Crippen LogP contribution in [0.5, 0.6) is 0 Å². The summed E-state index contributed by atoms with van der Waals surface area (Å²) < 4.78 is 38.1. The highest BCUT2D eigenvalue weighted by Crippen LogP contribution is 2.33. The predicted octanol–water partition coefficient (Wildman–Crippen LogP) is 4.69. The second-order valence-electron chi connectivity index (χ2n) is 4.24. The van der Waals surface area contributed by atoms with Crippen molar-refractivity contribution in [1.82, 2.24) is 9.97 Å². The van der Waals surface area contributed by atoms with E-state index in [-0.39, 0.29) is 17.0 Å². The summed E-state index contributed by atoms with van der Waals surface area (Å²) in [6.07, 6.45) is -2.74. The van der Waals surface area contributed by atoms with E-state index in [1.807, 2.05) is 6.92 Å².